The molecule has 0 atom stereocenters. The minimum Gasteiger partial charge on any atom is -0.480 e. The van der Waals surface area contributed by atoms with Crippen LogP contribution in [0.1, 0.15) is 22.5 Å². The van der Waals surface area contributed by atoms with E-state index in [1.807, 2.05) is 24.3 Å². The molecule has 0 fully saturated rings. The zero-order valence-electron chi connectivity index (χ0n) is 11.3. The van der Waals surface area contributed by atoms with Crippen molar-refractivity contribution in [2.45, 2.75) is 19.4 Å². The maximum Gasteiger partial charge on any atom is 0.325 e. The average molecular weight is 286 g/mol. The Balaban J connectivity index is 1.86. The second-order valence-corrected chi connectivity index (χ2v) is 4.88. The van der Waals surface area contributed by atoms with Crippen molar-refractivity contribution in [1.82, 2.24) is 15.0 Å². The van der Waals surface area contributed by atoms with Gasteiger partial charge in [-0.25, -0.2) is 4.68 Å². The number of aliphatic carboxylic acids is 1. The number of fused-ring (bicyclic) bond motifs is 1. The van der Waals surface area contributed by atoms with Gasteiger partial charge in [-0.05, 0) is 24.5 Å². The second kappa shape index (κ2) is 5.35. The first kappa shape index (κ1) is 13.3. The van der Waals surface area contributed by atoms with E-state index in [0.717, 1.165) is 28.8 Å². The van der Waals surface area contributed by atoms with Crippen LogP contribution in [0.5, 0.6) is 0 Å². The number of carboxylic acid groups (broad SMARTS) is 1. The molecule has 21 heavy (non-hydrogen) atoms. The molecule has 0 spiro atoms. The van der Waals surface area contributed by atoms with Crippen molar-refractivity contribution < 1.29 is 14.7 Å². The van der Waals surface area contributed by atoms with Gasteiger partial charge in [-0.1, -0.05) is 23.4 Å². The summed E-state index contributed by atoms with van der Waals surface area (Å²) in [4.78, 5) is 24.8. The summed E-state index contributed by atoms with van der Waals surface area (Å²) in [6.45, 7) is 0.318. The molecule has 7 nitrogen and oxygen atoms in total. The van der Waals surface area contributed by atoms with Crippen molar-refractivity contribution in [2.75, 3.05) is 11.4 Å². The predicted octanol–water partition coefficient (Wildman–Crippen LogP) is 0.956. The quantitative estimate of drug-likeness (QED) is 0.907. The summed E-state index contributed by atoms with van der Waals surface area (Å²) in [5.41, 5.74) is 2.18. The maximum atomic E-state index is 12.5. The third-order valence-electron chi connectivity index (χ3n) is 3.41. The van der Waals surface area contributed by atoms with Gasteiger partial charge in [0.2, 0.25) is 0 Å². The van der Waals surface area contributed by atoms with Crippen LogP contribution in [0.2, 0.25) is 0 Å². The Hall–Kier alpha value is -2.70. The summed E-state index contributed by atoms with van der Waals surface area (Å²) in [7, 11) is 0. The van der Waals surface area contributed by atoms with Crippen LogP contribution in [-0.2, 0) is 17.8 Å². The number of hydrogen-bond acceptors (Lipinski definition) is 4. The Morgan fingerprint density at radius 1 is 1.29 bits per heavy atom. The number of benzene rings is 1. The molecule has 1 aliphatic rings. The van der Waals surface area contributed by atoms with Gasteiger partial charge in [0, 0.05) is 12.2 Å². The molecule has 2 heterocycles. The van der Waals surface area contributed by atoms with Crippen LogP contribution in [0.15, 0.2) is 30.5 Å². The Bertz CT molecular complexity index is 695. The van der Waals surface area contributed by atoms with Gasteiger partial charge >= 0.3 is 5.97 Å². The van der Waals surface area contributed by atoms with E-state index >= 15 is 0 Å². The number of amides is 1. The summed E-state index contributed by atoms with van der Waals surface area (Å²) in [6, 6.07) is 7.77. The summed E-state index contributed by atoms with van der Waals surface area (Å²) in [5, 5.41) is 16.2. The van der Waals surface area contributed by atoms with Crippen LogP contribution in [0, 0.1) is 0 Å². The molecular formula is C14H14N4O3. The molecule has 3 rings (SSSR count). The smallest absolute Gasteiger partial charge is 0.325 e. The van der Waals surface area contributed by atoms with Gasteiger partial charge in [0.15, 0.2) is 5.69 Å². The SMILES string of the molecule is O=C(O)Cn1cc(C(=O)N2CCCc3ccccc32)nn1. The highest BCUT2D eigenvalue weighted by atomic mass is 16.4. The van der Waals surface area contributed by atoms with Crippen molar-refractivity contribution >= 4 is 17.6 Å². The van der Waals surface area contributed by atoms with Crippen molar-refractivity contribution in [1.29, 1.82) is 0 Å². The summed E-state index contributed by atoms with van der Waals surface area (Å²) >= 11 is 0. The van der Waals surface area contributed by atoms with Gasteiger partial charge < -0.3 is 10.0 Å². The number of nitrogens with zero attached hydrogens (tertiary/aromatic N) is 4. The normalized spacial score (nSPS) is 13.8. The van der Waals surface area contributed by atoms with E-state index in [0.29, 0.717) is 6.54 Å². The lowest BCUT2D eigenvalue weighted by atomic mass is 10.0. The lowest BCUT2D eigenvalue weighted by Gasteiger charge is -2.28. The van der Waals surface area contributed by atoms with E-state index in [4.69, 9.17) is 5.11 Å². The van der Waals surface area contributed by atoms with E-state index in [9.17, 15) is 9.59 Å². The van der Waals surface area contributed by atoms with Crippen molar-refractivity contribution in [2.24, 2.45) is 0 Å². The molecule has 0 saturated carbocycles. The van der Waals surface area contributed by atoms with Crippen molar-refractivity contribution in [3.05, 3.63) is 41.7 Å². The van der Waals surface area contributed by atoms with Crippen LogP contribution >= 0.6 is 0 Å². The zero-order valence-corrected chi connectivity index (χ0v) is 11.3. The number of rotatable bonds is 3. The van der Waals surface area contributed by atoms with Crippen LogP contribution < -0.4 is 4.90 Å². The fourth-order valence-corrected chi connectivity index (χ4v) is 2.50. The standard InChI is InChI=1S/C14H14N4O3/c19-13(20)9-17-8-11(15-16-17)14(21)18-7-3-5-10-4-1-2-6-12(10)18/h1-2,4,6,8H,3,5,7,9H2,(H,19,20). The highest BCUT2D eigenvalue weighted by Gasteiger charge is 2.25. The lowest BCUT2D eigenvalue weighted by Crippen LogP contribution is -2.35. The minimum atomic E-state index is -1.03. The molecule has 0 radical (unpaired) electrons. The molecule has 1 N–H and O–H groups in total. The zero-order chi connectivity index (χ0) is 14.8. The Morgan fingerprint density at radius 2 is 2.10 bits per heavy atom. The third-order valence-corrected chi connectivity index (χ3v) is 3.41. The number of aromatic nitrogens is 3. The average Bonchev–Trinajstić information content (AvgIpc) is 2.93. The molecule has 1 amide bonds. The number of aryl methyl sites for hydroxylation is 1. The number of hydrogen-bond donors (Lipinski definition) is 1. The van der Waals surface area contributed by atoms with E-state index in [2.05, 4.69) is 10.3 Å². The van der Waals surface area contributed by atoms with E-state index in [1.54, 1.807) is 4.90 Å². The van der Waals surface area contributed by atoms with Crippen LogP contribution in [0.4, 0.5) is 5.69 Å². The van der Waals surface area contributed by atoms with E-state index < -0.39 is 5.97 Å². The highest BCUT2D eigenvalue weighted by Crippen LogP contribution is 2.27. The Morgan fingerprint density at radius 3 is 2.90 bits per heavy atom. The topological polar surface area (TPSA) is 88.3 Å². The van der Waals surface area contributed by atoms with Crippen molar-refractivity contribution in [3.8, 4) is 0 Å². The third kappa shape index (κ3) is 2.62. The molecule has 108 valence electrons. The largest absolute Gasteiger partial charge is 0.480 e. The summed E-state index contributed by atoms with van der Waals surface area (Å²) in [5.74, 6) is -1.28. The van der Waals surface area contributed by atoms with Crippen LogP contribution in [0.25, 0.3) is 0 Å². The molecule has 0 unspecified atom stereocenters. The molecular weight excluding hydrogens is 272 g/mol. The summed E-state index contributed by atoms with van der Waals surface area (Å²) in [6.07, 6.45) is 3.21. The second-order valence-electron chi connectivity index (χ2n) is 4.88. The van der Waals surface area contributed by atoms with Crippen LogP contribution in [-0.4, -0.2) is 38.5 Å². The van der Waals surface area contributed by atoms with Gasteiger partial charge in [0.1, 0.15) is 6.54 Å². The molecule has 1 aromatic heterocycles. The van der Waals surface area contributed by atoms with E-state index in [1.165, 1.54) is 6.20 Å². The number of carbonyl (C=O) groups is 2. The molecule has 0 saturated heterocycles. The van der Waals surface area contributed by atoms with Gasteiger partial charge in [0.25, 0.3) is 5.91 Å². The molecule has 0 bridgehead atoms. The van der Waals surface area contributed by atoms with Gasteiger partial charge in [-0.3, -0.25) is 9.59 Å². The first-order chi connectivity index (χ1) is 10.1. The van der Waals surface area contributed by atoms with Crippen molar-refractivity contribution in [3.63, 3.8) is 0 Å². The molecule has 1 aromatic carbocycles. The number of anilines is 1. The highest BCUT2D eigenvalue weighted by molar-refractivity contribution is 6.05. The maximum absolute atomic E-state index is 12.5. The predicted molar refractivity (Wildman–Crippen MR) is 74.1 cm³/mol. The molecule has 0 aliphatic carbocycles. The van der Waals surface area contributed by atoms with Gasteiger partial charge in [-0.15, -0.1) is 5.10 Å². The fourth-order valence-electron chi connectivity index (χ4n) is 2.50. The van der Waals surface area contributed by atoms with E-state index in [-0.39, 0.29) is 18.1 Å². The molecule has 7 heteroatoms. The first-order valence-electron chi connectivity index (χ1n) is 6.67. The van der Waals surface area contributed by atoms with Crippen LogP contribution in [0.3, 0.4) is 0 Å². The monoisotopic (exact) mass is 286 g/mol. The summed E-state index contributed by atoms with van der Waals surface area (Å²) < 4.78 is 1.14. The minimum absolute atomic E-state index is 0.160. The fraction of sp³-hybridized carbons (Fsp3) is 0.286. The van der Waals surface area contributed by atoms with Gasteiger partial charge in [-0.2, -0.15) is 0 Å². The number of carboxylic acids is 1. The number of para-hydroxylation sites is 1. The van der Waals surface area contributed by atoms with Gasteiger partial charge in [0.05, 0.1) is 6.20 Å². The number of carbonyl (C=O) groups excluding carboxylic acids is 1. The molecule has 2 aromatic rings. The molecule has 1 aliphatic heterocycles. The lowest BCUT2D eigenvalue weighted by molar-refractivity contribution is -0.137. The first-order valence-corrected chi connectivity index (χ1v) is 6.67. The Labute approximate surface area is 120 Å². The Kier molecular flexibility index (Phi) is 3.39.